The molecule has 0 aromatic carbocycles. The third kappa shape index (κ3) is 3.44. The molecule has 2 aliphatic carbocycles. The molecule has 2 aliphatic heterocycles. The zero-order valence-electron chi connectivity index (χ0n) is 14.9. The number of fused-ring (bicyclic) bond motifs is 3. The Hall–Kier alpha value is -1.85. The van der Waals surface area contributed by atoms with Crippen molar-refractivity contribution in [3.63, 3.8) is 0 Å². The van der Waals surface area contributed by atoms with Crippen molar-refractivity contribution < 1.29 is 14.1 Å². The number of nitrogens with zero attached hydrogens (tertiary/aromatic N) is 2. The zero-order chi connectivity index (χ0) is 17.4. The van der Waals surface area contributed by atoms with Crippen molar-refractivity contribution in [3.05, 3.63) is 17.5 Å². The first-order valence-electron chi connectivity index (χ1n) is 9.72. The highest BCUT2D eigenvalue weighted by atomic mass is 16.5. The van der Waals surface area contributed by atoms with E-state index in [0.717, 1.165) is 57.3 Å². The molecule has 3 atom stereocenters. The van der Waals surface area contributed by atoms with E-state index < -0.39 is 0 Å². The monoisotopic (exact) mass is 345 g/mol. The van der Waals surface area contributed by atoms with Gasteiger partial charge in [-0.1, -0.05) is 18.5 Å². The molecule has 2 saturated carbocycles. The topological polar surface area (TPSA) is 75.4 Å². The molecule has 0 radical (unpaired) electrons. The van der Waals surface area contributed by atoms with E-state index in [1.54, 1.807) is 6.07 Å². The standard InChI is InChI=1S/C19H27N3O3/c1-2-3-4-18(23)22-11-13-7-8-14(22)9-15(13)20-19(24)16-10-17(25-21-16)12-5-6-12/h10,12-15H,2-9,11H2,1H3,(H,20,24). The number of carbonyl (C=O) groups excluding carboxylic acids is 2. The van der Waals surface area contributed by atoms with Crippen LogP contribution in [0.25, 0.3) is 0 Å². The molecule has 2 saturated heterocycles. The van der Waals surface area contributed by atoms with Gasteiger partial charge in [0.1, 0.15) is 5.76 Å². The van der Waals surface area contributed by atoms with Crippen LogP contribution in [0.15, 0.2) is 10.6 Å². The highest BCUT2D eigenvalue weighted by Gasteiger charge is 2.42. The Bertz CT molecular complexity index is 652. The average Bonchev–Trinajstić information content (AvgIpc) is 3.36. The lowest BCUT2D eigenvalue weighted by molar-refractivity contribution is -0.139. The molecular weight excluding hydrogens is 318 g/mol. The number of rotatable bonds is 6. The van der Waals surface area contributed by atoms with Crippen LogP contribution in [0.2, 0.25) is 0 Å². The fourth-order valence-corrected chi connectivity index (χ4v) is 4.27. The number of unbranched alkanes of at least 4 members (excludes halogenated alkanes) is 1. The number of aromatic nitrogens is 1. The van der Waals surface area contributed by atoms with Crippen LogP contribution in [0.5, 0.6) is 0 Å². The summed E-state index contributed by atoms with van der Waals surface area (Å²) in [6.07, 6.45) is 7.93. The Balaban J connectivity index is 1.35. The molecule has 5 rings (SSSR count). The van der Waals surface area contributed by atoms with Crippen molar-refractivity contribution in [2.45, 2.75) is 76.3 Å². The van der Waals surface area contributed by atoms with Gasteiger partial charge in [0.25, 0.3) is 5.91 Å². The van der Waals surface area contributed by atoms with Crippen molar-refractivity contribution >= 4 is 11.8 Å². The van der Waals surface area contributed by atoms with Gasteiger partial charge in [-0.2, -0.15) is 0 Å². The van der Waals surface area contributed by atoms with Gasteiger partial charge in [0.05, 0.1) is 0 Å². The van der Waals surface area contributed by atoms with E-state index in [0.29, 0.717) is 24.0 Å². The van der Waals surface area contributed by atoms with Gasteiger partial charge in [-0.25, -0.2) is 0 Å². The minimum atomic E-state index is -0.142. The molecular formula is C19H27N3O3. The van der Waals surface area contributed by atoms with Crippen LogP contribution < -0.4 is 5.32 Å². The van der Waals surface area contributed by atoms with Crippen molar-refractivity contribution in [2.24, 2.45) is 5.92 Å². The van der Waals surface area contributed by atoms with Gasteiger partial charge in [0.2, 0.25) is 5.91 Å². The lowest BCUT2D eigenvalue weighted by Crippen LogP contribution is -2.60. The first-order valence-corrected chi connectivity index (χ1v) is 9.72. The molecule has 3 unspecified atom stereocenters. The Labute approximate surface area is 148 Å². The van der Waals surface area contributed by atoms with Crippen molar-refractivity contribution in [2.75, 3.05) is 6.54 Å². The molecule has 6 nitrogen and oxygen atoms in total. The second-order valence-electron chi connectivity index (χ2n) is 7.85. The number of carbonyl (C=O) groups is 2. The highest BCUT2D eigenvalue weighted by Crippen LogP contribution is 2.40. The summed E-state index contributed by atoms with van der Waals surface area (Å²) < 4.78 is 5.28. The number of hydrogen-bond donors (Lipinski definition) is 1. The van der Waals surface area contributed by atoms with Crippen LogP contribution >= 0.6 is 0 Å². The summed E-state index contributed by atoms with van der Waals surface area (Å²) in [5.74, 6) is 1.80. The first-order chi connectivity index (χ1) is 12.2. The van der Waals surface area contributed by atoms with E-state index in [2.05, 4.69) is 22.3 Å². The Morgan fingerprint density at radius 2 is 2.16 bits per heavy atom. The van der Waals surface area contributed by atoms with Crippen molar-refractivity contribution in [1.82, 2.24) is 15.4 Å². The summed E-state index contributed by atoms with van der Waals surface area (Å²) in [7, 11) is 0. The molecule has 6 heteroatoms. The maximum Gasteiger partial charge on any atom is 0.273 e. The zero-order valence-corrected chi connectivity index (χ0v) is 14.9. The summed E-state index contributed by atoms with van der Waals surface area (Å²) in [5, 5.41) is 7.07. The quantitative estimate of drug-likeness (QED) is 0.860. The number of amides is 2. The van der Waals surface area contributed by atoms with Crippen LogP contribution in [0, 0.1) is 5.92 Å². The predicted molar refractivity (Wildman–Crippen MR) is 92.1 cm³/mol. The maximum absolute atomic E-state index is 12.5. The van der Waals surface area contributed by atoms with Crippen molar-refractivity contribution in [3.8, 4) is 0 Å². The van der Waals surface area contributed by atoms with Gasteiger partial charge in [0, 0.05) is 37.0 Å². The average molecular weight is 345 g/mol. The van der Waals surface area contributed by atoms with Crippen LogP contribution in [0.4, 0.5) is 0 Å². The lowest BCUT2D eigenvalue weighted by Gasteiger charge is -2.49. The highest BCUT2D eigenvalue weighted by molar-refractivity contribution is 5.92. The molecule has 1 aromatic heterocycles. The van der Waals surface area contributed by atoms with E-state index in [-0.39, 0.29) is 23.9 Å². The lowest BCUT2D eigenvalue weighted by atomic mass is 9.76. The summed E-state index contributed by atoms with van der Waals surface area (Å²) in [6.45, 7) is 2.89. The molecule has 1 aromatic rings. The van der Waals surface area contributed by atoms with Crippen LogP contribution in [0.3, 0.4) is 0 Å². The van der Waals surface area contributed by atoms with E-state index in [1.165, 1.54) is 0 Å². The molecule has 2 bridgehead atoms. The Kier molecular flexibility index (Phi) is 4.52. The molecule has 1 N–H and O–H groups in total. The summed E-state index contributed by atoms with van der Waals surface area (Å²) in [6, 6.07) is 2.20. The van der Waals surface area contributed by atoms with Gasteiger partial charge >= 0.3 is 0 Å². The van der Waals surface area contributed by atoms with Gasteiger partial charge in [-0.15, -0.1) is 0 Å². The maximum atomic E-state index is 12.5. The third-order valence-corrected chi connectivity index (χ3v) is 5.96. The molecule has 3 heterocycles. The largest absolute Gasteiger partial charge is 0.360 e. The van der Waals surface area contributed by atoms with Gasteiger partial charge in [-0.05, 0) is 44.4 Å². The van der Waals surface area contributed by atoms with Gasteiger partial charge in [0.15, 0.2) is 5.69 Å². The smallest absolute Gasteiger partial charge is 0.273 e. The summed E-state index contributed by atoms with van der Waals surface area (Å²) >= 11 is 0. The minimum Gasteiger partial charge on any atom is -0.360 e. The third-order valence-electron chi connectivity index (χ3n) is 5.96. The molecule has 136 valence electrons. The van der Waals surface area contributed by atoms with E-state index in [4.69, 9.17) is 4.52 Å². The molecule has 25 heavy (non-hydrogen) atoms. The second kappa shape index (κ2) is 6.81. The van der Waals surface area contributed by atoms with Crippen LogP contribution in [-0.2, 0) is 4.79 Å². The number of piperidine rings is 2. The SMILES string of the molecule is CCCCC(=O)N1CC2CCC1CC2NC(=O)c1cc(C2CC2)on1. The van der Waals surface area contributed by atoms with Gasteiger partial charge in [-0.3, -0.25) is 9.59 Å². The fourth-order valence-electron chi connectivity index (χ4n) is 4.27. The van der Waals surface area contributed by atoms with Crippen LogP contribution in [0.1, 0.15) is 80.5 Å². The van der Waals surface area contributed by atoms with Gasteiger partial charge < -0.3 is 14.7 Å². The number of hydrogen-bond acceptors (Lipinski definition) is 4. The molecule has 4 fully saturated rings. The normalized spacial score (nSPS) is 28.2. The second-order valence-corrected chi connectivity index (χ2v) is 7.85. The molecule has 4 aliphatic rings. The molecule has 2 amide bonds. The summed E-state index contributed by atoms with van der Waals surface area (Å²) in [5.41, 5.74) is 0.388. The van der Waals surface area contributed by atoms with Crippen LogP contribution in [-0.4, -0.2) is 40.5 Å². The Morgan fingerprint density at radius 1 is 1.32 bits per heavy atom. The first kappa shape index (κ1) is 16.6. The predicted octanol–water partition coefficient (Wildman–Crippen LogP) is 2.85. The fraction of sp³-hybridized carbons (Fsp3) is 0.737. The van der Waals surface area contributed by atoms with Crippen molar-refractivity contribution in [1.29, 1.82) is 0 Å². The minimum absolute atomic E-state index is 0.141. The molecule has 0 spiro atoms. The number of nitrogens with one attached hydrogen (secondary N) is 1. The van der Waals surface area contributed by atoms with E-state index in [1.807, 2.05) is 0 Å². The van der Waals surface area contributed by atoms with E-state index in [9.17, 15) is 9.59 Å². The Morgan fingerprint density at radius 3 is 2.84 bits per heavy atom. The summed E-state index contributed by atoms with van der Waals surface area (Å²) in [4.78, 5) is 26.9. The van der Waals surface area contributed by atoms with E-state index >= 15 is 0 Å².